The number of hydrogen-bond acceptors (Lipinski definition) is 4. The van der Waals surface area contributed by atoms with Gasteiger partial charge < -0.3 is 14.5 Å². The van der Waals surface area contributed by atoms with Crippen LogP contribution in [0, 0.1) is 6.92 Å². The third-order valence-electron chi connectivity index (χ3n) is 3.31. The Morgan fingerprint density at radius 2 is 1.75 bits per heavy atom. The van der Waals surface area contributed by atoms with E-state index < -0.39 is 0 Å². The Morgan fingerprint density at radius 3 is 2.50 bits per heavy atom. The number of anilines is 1. The van der Waals surface area contributed by atoms with Gasteiger partial charge in [-0.3, -0.25) is 4.79 Å². The Labute approximate surface area is 140 Å². The number of hydrogen-bond donors (Lipinski definition) is 1. The second-order valence-corrected chi connectivity index (χ2v) is 5.16. The largest absolute Gasteiger partial charge is 0.458 e. The van der Waals surface area contributed by atoms with Crippen molar-refractivity contribution in [1.82, 2.24) is 0 Å². The summed E-state index contributed by atoms with van der Waals surface area (Å²) >= 11 is 0. The molecule has 0 aliphatic carbocycles. The summed E-state index contributed by atoms with van der Waals surface area (Å²) in [6.45, 7) is 1.80. The number of benzene rings is 2. The molecule has 120 valence electrons. The number of para-hydroxylation sites is 3. The van der Waals surface area contributed by atoms with Gasteiger partial charge in [0.25, 0.3) is 0 Å². The van der Waals surface area contributed by atoms with Crippen LogP contribution in [0.2, 0.25) is 0 Å². The van der Waals surface area contributed by atoms with Gasteiger partial charge >= 0.3 is 0 Å². The van der Waals surface area contributed by atoms with E-state index in [2.05, 4.69) is 5.32 Å². The van der Waals surface area contributed by atoms with Gasteiger partial charge in [0.15, 0.2) is 11.5 Å². The molecule has 1 heterocycles. The first-order valence-corrected chi connectivity index (χ1v) is 7.58. The fourth-order valence-corrected chi connectivity index (χ4v) is 2.15. The van der Waals surface area contributed by atoms with Crippen LogP contribution in [0.5, 0.6) is 11.5 Å². The number of rotatable bonds is 6. The van der Waals surface area contributed by atoms with Gasteiger partial charge in [-0.05, 0) is 43.3 Å². The van der Waals surface area contributed by atoms with Gasteiger partial charge in [-0.1, -0.05) is 30.3 Å². The van der Waals surface area contributed by atoms with Gasteiger partial charge in [-0.2, -0.15) is 0 Å². The van der Waals surface area contributed by atoms with Crippen molar-refractivity contribution in [3.05, 3.63) is 90.5 Å². The molecule has 4 nitrogen and oxygen atoms in total. The van der Waals surface area contributed by atoms with Crippen LogP contribution in [0.3, 0.4) is 0 Å². The molecule has 0 radical (unpaired) electrons. The Morgan fingerprint density at radius 1 is 1.00 bits per heavy atom. The highest BCUT2D eigenvalue weighted by molar-refractivity contribution is 6.02. The Kier molecular flexibility index (Phi) is 4.77. The first kappa shape index (κ1) is 15.6. The van der Waals surface area contributed by atoms with Crippen molar-refractivity contribution < 1.29 is 13.9 Å². The predicted molar refractivity (Wildman–Crippen MR) is 93.5 cm³/mol. The van der Waals surface area contributed by atoms with Crippen LogP contribution < -0.4 is 10.1 Å². The maximum atomic E-state index is 12.0. The Balaban J connectivity index is 1.69. The molecular weight excluding hydrogens is 302 g/mol. The molecule has 2 aromatic carbocycles. The molecule has 0 spiro atoms. The minimum atomic E-state index is -0.197. The molecule has 3 rings (SSSR count). The van der Waals surface area contributed by atoms with E-state index in [-0.39, 0.29) is 5.78 Å². The highest BCUT2D eigenvalue weighted by atomic mass is 16.5. The molecule has 4 heteroatoms. The number of ketones is 1. The highest BCUT2D eigenvalue weighted by Gasteiger charge is 2.06. The average molecular weight is 319 g/mol. The molecular formula is C20H17NO3. The molecule has 0 aliphatic heterocycles. The fourth-order valence-electron chi connectivity index (χ4n) is 2.15. The normalized spacial score (nSPS) is 10.7. The van der Waals surface area contributed by atoms with Crippen molar-refractivity contribution in [2.24, 2.45) is 0 Å². The summed E-state index contributed by atoms with van der Waals surface area (Å²) in [6, 6.07) is 20.5. The van der Waals surface area contributed by atoms with Gasteiger partial charge in [0.1, 0.15) is 11.5 Å². The van der Waals surface area contributed by atoms with Crippen LogP contribution in [0.1, 0.15) is 16.3 Å². The summed E-state index contributed by atoms with van der Waals surface area (Å²) in [4.78, 5) is 12.0. The number of ether oxygens (including phenoxy) is 1. The highest BCUT2D eigenvalue weighted by Crippen LogP contribution is 2.29. The van der Waals surface area contributed by atoms with E-state index in [0.29, 0.717) is 17.3 Å². The summed E-state index contributed by atoms with van der Waals surface area (Å²) in [5.41, 5.74) is 0.765. The number of furan rings is 1. The number of carbonyl (C=O) groups is 1. The molecule has 3 aromatic rings. The quantitative estimate of drug-likeness (QED) is 0.502. The molecule has 0 unspecified atom stereocenters. The molecule has 0 saturated heterocycles. The first-order chi connectivity index (χ1) is 11.7. The van der Waals surface area contributed by atoms with Crippen LogP contribution in [0.25, 0.3) is 0 Å². The molecule has 0 fully saturated rings. The second-order valence-electron chi connectivity index (χ2n) is 5.16. The van der Waals surface area contributed by atoms with Gasteiger partial charge in [0.05, 0.1) is 5.69 Å². The smallest absolute Gasteiger partial charge is 0.222 e. The van der Waals surface area contributed by atoms with Crippen molar-refractivity contribution in [1.29, 1.82) is 0 Å². The third-order valence-corrected chi connectivity index (χ3v) is 3.31. The maximum absolute atomic E-state index is 12.0. The summed E-state index contributed by atoms with van der Waals surface area (Å²) < 4.78 is 11.2. The lowest BCUT2D eigenvalue weighted by molar-refractivity contribution is 0.102. The minimum Gasteiger partial charge on any atom is -0.458 e. The number of carbonyl (C=O) groups excluding carboxylic acids is 1. The number of allylic oxidation sites excluding steroid dienone is 1. The van der Waals surface area contributed by atoms with Crippen molar-refractivity contribution in [3.63, 3.8) is 0 Å². The first-order valence-electron chi connectivity index (χ1n) is 7.58. The molecule has 24 heavy (non-hydrogen) atoms. The van der Waals surface area contributed by atoms with Crippen molar-refractivity contribution >= 4 is 11.5 Å². The second kappa shape index (κ2) is 7.33. The lowest BCUT2D eigenvalue weighted by atomic mass is 10.2. The molecule has 0 saturated carbocycles. The zero-order valence-corrected chi connectivity index (χ0v) is 13.2. The standard InChI is InChI=1S/C20H17NO3/c1-15-11-12-20(23-15)18(22)13-14-21-17-9-5-6-10-19(17)24-16-7-3-2-4-8-16/h2-14,21H,1H3. The maximum Gasteiger partial charge on any atom is 0.222 e. The number of nitrogens with one attached hydrogen (secondary N) is 1. The van der Waals surface area contributed by atoms with E-state index in [0.717, 1.165) is 11.4 Å². The van der Waals surface area contributed by atoms with Gasteiger partial charge in [-0.25, -0.2) is 0 Å². The fraction of sp³-hybridized carbons (Fsp3) is 0.0500. The zero-order chi connectivity index (χ0) is 16.8. The van der Waals surface area contributed by atoms with E-state index in [9.17, 15) is 4.79 Å². The lowest BCUT2D eigenvalue weighted by Crippen LogP contribution is -1.96. The SMILES string of the molecule is Cc1ccc(C(=O)C=CNc2ccccc2Oc2ccccc2)o1. The summed E-state index contributed by atoms with van der Waals surface area (Å²) in [7, 11) is 0. The monoisotopic (exact) mass is 319 g/mol. The van der Waals surface area contributed by atoms with E-state index in [1.165, 1.54) is 6.08 Å². The minimum absolute atomic E-state index is 0.197. The van der Waals surface area contributed by atoms with E-state index in [4.69, 9.17) is 9.15 Å². The molecule has 0 atom stereocenters. The van der Waals surface area contributed by atoms with Crippen molar-refractivity contribution in [2.75, 3.05) is 5.32 Å². The molecule has 0 amide bonds. The molecule has 1 aromatic heterocycles. The summed E-state index contributed by atoms with van der Waals surface area (Å²) in [5.74, 6) is 2.25. The van der Waals surface area contributed by atoms with Gasteiger partial charge in [0.2, 0.25) is 5.78 Å². The Hall–Kier alpha value is -3.27. The van der Waals surface area contributed by atoms with Crippen molar-refractivity contribution in [3.8, 4) is 11.5 Å². The van der Waals surface area contributed by atoms with Gasteiger partial charge in [0, 0.05) is 12.3 Å². The van der Waals surface area contributed by atoms with Crippen LogP contribution >= 0.6 is 0 Å². The van der Waals surface area contributed by atoms with E-state index >= 15 is 0 Å². The molecule has 0 bridgehead atoms. The van der Waals surface area contributed by atoms with Crippen molar-refractivity contribution in [2.45, 2.75) is 6.92 Å². The predicted octanol–water partition coefficient (Wildman–Crippen LogP) is 5.19. The zero-order valence-electron chi connectivity index (χ0n) is 13.2. The lowest BCUT2D eigenvalue weighted by Gasteiger charge is -2.10. The van der Waals surface area contributed by atoms with Crippen LogP contribution in [-0.4, -0.2) is 5.78 Å². The third kappa shape index (κ3) is 3.93. The Bertz CT molecular complexity index is 850. The van der Waals surface area contributed by atoms with E-state index in [1.807, 2.05) is 54.6 Å². The molecule has 1 N–H and O–H groups in total. The molecule has 0 aliphatic rings. The topological polar surface area (TPSA) is 51.5 Å². The van der Waals surface area contributed by atoms with Crippen LogP contribution in [0.4, 0.5) is 5.69 Å². The van der Waals surface area contributed by atoms with E-state index in [1.54, 1.807) is 25.3 Å². The summed E-state index contributed by atoms with van der Waals surface area (Å²) in [5, 5.41) is 3.07. The van der Waals surface area contributed by atoms with Crippen LogP contribution in [0.15, 0.2) is 83.4 Å². The average Bonchev–Trinajstić information content (AvgIpc) is 3.04. The van der Waals surface area contributed by atoms with Gasteiger partial charge in [-0.15, -0.1) is 0 Å². The number of aryl methyl sites for hydroxylation is 1. The summed E-state index contributed by atoms with van der Waals surface area (Å²) in [6.07, 6.45) is 3.00. The van der Waals surface area contributed by atoms with Crippen LogP contribution in [-0.2, 0) is 0 Å².